The van der Waals surface area contributed by atoms with Crippen molar-refractivity contribution < 1.29 is 4.79 Å². The molecule has 1 aliphatic carbocycles. The maximum atomic E-state index is 10.3. The van der Waals surface area contributed by atoms with Crippen molar-refractivity contribution in [3.8, 4) is 0 Å². The van der Waals surface area contributed by atoms with E-state index in [0.717, 1.165) is 24.7 Å². The quantitative estimate of drug-likeness (QED) is 0.488. The first-order chi connectivity index (χ1) is 4.24. The minimum Gasteiger partial charge on any atom is -0.298 e. The lowest BCUT2D eigenvalue weighted by Crippen LogP contribution is -1.85. The Bertz CT molecular complexity index is 156. The molecule has 1 heteroatoms. The van der Waals surface area contributed by atoms with Crippen molar-refractivity contribution in [1.29, 1.82) is 0 Å². The van der Waals surface area contributed by atoms with E-state index in [1.54, 1.807) is 0 Å². The highest BCUT2D eigenvalue weighted by Crippen LogP contribution is 2.28. The molecule has 0 saturated carbocycles. The van der Waals surface area contributed by atoms with Gasteiger partial charge in [-0.05, 0) is 31.3 Å². The fourth-order valence-corrected chi connectivity index (χ4v) is 1.42. The number of carbonyl (C=O) groups excluding carboxylic acids is 1. The largest absolute Gasteiger partial charge is 0.298 e. The number of hydrogen-bond donors (Lipinski definition) is 0. The van der Waals surface area contributed by atoms with Crippen LogP contribution in [0.4, 0.5) is 0 Å². The second kappa shape index (κ2) is 2.34. The first kappa shape index (κ1) is 6.53. The van der Waals surface area contributed by atoms with Crippen molar-refractivity contribution in [3.63, 3.8) is 0 Å². The molecule has 0 heterocycles. The second-order valence-corrected chi connectivity index (χ2v) is 2.94. The molecule has 0 aromatic carbocycles. The molecule has 0 saturated heterocycles. The minimum atomic E-state index is 0.699. The maximum Gasteiger partial charge on any atom is 0.145 e. The van der Waals surface area contributed by atoms with Gasteiger partial charge >= 0.3 is 0 Å². The van der Waals surface area contributed by atoms with E-state index >= 15 is 0 Å². The van der Waals surface area contributed by atoms with E-state index in [1.807, 2.05) is 6.92 Å². The highest BCUT2D eigenvalue weighted by molar-refractivity contribution is 5.75. The lowest BCUT2D eigenvalue weighted by molar-refractivity contribution is -0.105. The Morgan fingerprint density at radius 2 is 2.22 bits per heavy atom. The molecule has 0 amide bonds. The maximum absolute atomic E-state index is 10.3. The predicted octanol–water partition coefficient (Wildman–Crippen LogP) is 1.93. The fraction of sp³-hybridized carbons (Fsp3) is 0.625. The van der Waals surface area contributed by atoms with E-state index in [1.165, 1.54) is 5.57 Å². The van der Waals surface area contributed by atoms with Crippen LogP contribution in [0.3, 0.4) is 0 Å². The van der Waals surface area contributed by atoms with E-state index in [9.17, 15) is 4.79 Å². The Morgan fingerprint density at radius 3 is 2.44 bits per heavy atom. The zero-order chi connectivity index (χ0) is 6.85. The molecule has 0 spiro atoms. The van der Waals surface area contributed by atoms with Crippen LogP contribution in [-0.4, -0.2) is 6.29 Å². The Balaban J connectivity index is 2.69. The van der Waals surface area contributed by atoms with Crippen LogP contribution in [0.25, 0.3) is 0 Å². The van der Waals surface area contributed by atoms with Gasteiger partial charge in [-0.1, -0.05) is 12.5 Å². The molecule has 9 heavy (non-hydrogen) atoms. The average Bonchev–Trinajstić information content (AvgIpc) is 2.10. The van der Waals surface area contributed by atoms with E-state index in [0.29, 0.717) is 5.92 Å². The Morgan fingerprint density at radius 1 is 1.56 bits per heavy atom. The van der Waals surface area contributed by atoms with Crippen LogP contribution in [0.1, 0.15) is 26.7 Å². The number of allylic oxidation sites excluding steroid dienone is 2. The second-order valence-electron chi connectivity index (χ2n) is 2.94. The summed E-state index contributed by atoms with van der Waals surface area (Å²) in [6.45, 7) is 4.23. The molecule has 50 valence electrons. The summed E-state index contributed by atoms with van der Waals surface area (Å²) in [6, 6.07) is 0. The van der Waals surface area contributed by atoms with Crippen LogP contribution >= 0.6 is 0 Å². The molecule has 0 aliphatic heterocycles. The number of rotatable bonds is 1. The van der Waals surface area contributed by atoms with Gasteiger partial charge in [0.2, 0.25) is 0 Å². The van der Waals surface area contributed by atoms with Crippen molar-refractivity contribution in [2.45, 2.75) is 26.7 Å². The molecule has 1 rings (SSSR count). The van der Waals surface area contributed by atoms with E-state index in [2.05, 4.69) is 6.92 Å². The SMILES string of the molecule is CC1=C(C=O)C[C@H](C)C1. The first-order valence-electron chi connectivity index (χ1n) is 3.38. The molecule has 0 unspecified atom stereocenters. The van der Waals surface area contributed by atoms with Crippen LogP contribution in [-0.2, 0) is 4.79 Å². The lowest BCUT2D eigenvalue weighted by Gasteiger charge is -1.95. The van der Waals surface area contributed by atoms with E-state index in [4.69, 9.17) is 0 Å². The van der Waals surface area contributed by atoms with Crippen LogP contribution in [0.5, 0.6) is 0 Å². The van der Waals surface area contributed by atoms with E-state index in [-0.39, 0.29) is 0 Å². The molecule has 0 N–H and O–H groups in total. The van der Waals surface area contributed by atoms with Gasteiger partial charge in [-0.3, -0.25) is 4.79 Å². The average molecular weight is 124 g/mol. The Hall–Kier alpha value is -0.590. The van der Waals surface area contributed by atoms with Gasteiger partial charge in [0.05, 0.1) is 0 Å². The first-order valence-corrected chi connectivity index (χ1v) is 3.38. The summed E-state index contributed by atoms with van der Waals surface area (Å²) >= 11 is 0. The predicted molar refractivity (Wildman–Crippen MR) is 37.2 cm³/mol. The van der Waals surface area contributed by atoms with Crippen molar-refractivity contribution in [1.82, 2.24) is 0 Å². The molecule has 0 radical (unpaired) electrons. The molecule has 1 aliphatic rings. The summed E-state index contributed by atoms with van der Waals surface area (Å²) in [5, 5.41) is 0. The summed E-state index contributed by atoms with van der Waals surface area (Å²) in [5.74, 6) is 0.699. The van der Waals surface area contributed by atoms with Gasteiger partial charge in [0.25, 0.3) is 0 Å². The van der Waals surface area contributed by atoms with Gasteiger partial charge in [0, 0.05) is 0 Å². The fourth-order valence-electron chi connectivity index (χ4n) is 1.42. The highest BCUT2D eigenvalue weighted by Gasteiger charge is 2.16. The monoisotopic (exact) mass is 124 g/mol. The number of aldehydes is 1. The third-order valence-corrected chi connectivity index (χ3v) is 1.91. The van der Waals surface area contributed by atoms with E-state index < -0.39 is 0 Å². The van der Waals surface area contributed by atoms with Crippen LogP contribution < -0.4 is 0 Å². The summed E-state index contributed by atoms with van der Waals surface area (Å²) in [5.41, 5.74) is 2.32. The smallest absolute Gasteiger partial charge is 0.145 e. The van der Waals surface area contributed by atoms with Crippen molar-refractivity contribution >= 4 is 6.29 Å². The van der Waals surface area contributed by atoms with Gasteiger partial charge in [-0.25, -0.2) is 0 Å². The van der Waals surface area contributed by atoms with Crippen molar-refractivity contribution in [3.05, 3.63) is 11.1 Å². The lowest BCUT2D eigenvalue weighted by atomic mass is 10.1. The van der Waals surface area contributed by atoms with Crippen LogP contribution in [0.2, 0.25) is 0 Å². The third-order valence-electron chi connectivity index (χ3n) is 1.91. The van der Waals surface area contributed by atoms with Crippen LogP contribution in [0, 0.1) is 5.92 Å². The van der Waals surface area contributed by atoms with Gasteiger partial charge < -0.3 is 0 Å². The van der Waals surface area contributed by atoms with Gasteiger partial charge in [0.15, 0.2) is 0 Å². The summed E-state index contributed by atoms with van der Waals surface area (Å²) in [6.07, 6.45) is 3.11. The van der Waals surface area contributed by atoms with Gasteiger partial charge in [-0.2, -0.15) is 0 Å². The molecule has 1 nitrogen and oxygen atoms in total. The summed E-state index contributed by atoms with van der Waals surface area (Å²) in [7, 11) is 0. The minimum absolute atomic E-state index is 0.699. The molecule has 0 fully saturated rings. The molecule has 1 atom stereocenters. The Kier molecular flexibility index (Phi) is 1.70. The molecule has 0 aromatic heterocycles. The van der Waals surface area contributed by atoms with Crippen molar-refractivity contribution in [2.24, 2.45) is 5.92 Å². The Labute approximate surface area is 55.8 Å². The molecular weight excluding hydrogens is 112 g/mol. The zero-order valence-electron chi connectivity index (χ0n) is 5.98. The van der Waals surface area contributed by atoms with Crippen LogP contribution in [0.15, 0.2) is 11.1 Å². The van der Waals surface area contributed by atoms with Gasteiger partial charge in [0.1, 0.15) is 6.29 Å². The number of carbonyl (C=O) groups is 1. The molecule has 0 bridgehead atoms. The molecular formula is C8H12O. The standard InChI is InChI=1S/C8H12O/c1-6-3-7(2)8(4-6)5-9/h5-6H,3-4H2,1-2H3/t6-/m1/s1. The summed E-state index contributed by atoms with van der Waals surface area (Å²) in [4.78, 5) is 10.3. The zero-order valence-corrected chi connectivity index (χ0v) is 5.98. The third kappa shape index (κ3) is 1.21. The normalized spacial score (nSPS) is 27.1. The topological polar surface area (TPSA) is 17.1 Å². The summed E-state index contributed by atoms with van der Waals surface area (Å²) < 4.78 is 0. The number of hydrogen-bond acceptors (Lipinski definition) is 1. The van der Waals surface area contributed by atoms with Crippen molar-refractivity contribution in [2.75, 3.05) is 0 Å². The van der Waals surface area contributed by atoms with Gasteiger partial charge in [-0.15, -0.1) is 0 Å². The molecule has 0 aromatic rings. The highest BCUT2D eigenvalue weighted by atomic mass is 16.1.